The minimum Gasteiger partial charge on any atom is -0.460 e. The molecule has 0 aliphatic rings. The molecule has 11 nitrogen and oxygen atoms in total. The summed E-state index contributed by atoms with van der Waals surface area (Å²) in [6, 6.07) is 8.09. The number of hydrogen-bond acceptors (Lipinski definition) is 9. The quantitative estimate of drug-likeness (QED) is 0.165. The van der Waals surface area contributed by atoms with Gasteiger partial charge in [-0.05, 0) is 57.2 Å². The van der Waals surface area contributed by atoms with E-state index in [1.165, 1.54) is 0 Å². The summed E-state index contributed by atoms with van der Waals surface area (Å²) in [5, 5.41) is 12.7. The summed E-state index contributed by atoms with van der Waals surface area (Å²) in [4.78, 5) is 30.2. The largest absolute Gasteiger partial charge is 0.460 e. The number of carbonyl (C=O) groups excluding carboxylic acids is 1. The van der Waals surface area contributed by atoms with E-state index in [2.05, 4.69) is 36.4 Å². The van der Waals surface area contributed by atoms with Crippen molar-refractivity contribution in [3.8, 4) is 22.6 Å². The first kappa shape index (κ1) is 28.0. The van der Waals surface area contributed by atoms with Crippen LogP contribution >= 0.6 is 0 Å². The third kappa shape index (κ3) is 7.56. The Hall–Kier alpha value is -4.54. The number of fused-ring (bicyclic) bond motifs is 1. The lowest BCUT2D eigenvalue weighted by Gasteiger charge is -2.19. The van der Waals surface area contributed by atoms with Gasteiger partial charge in [0.2, 0.25) is 5.65 Å². The molecule has 0 unspecified atom stereocenters. The smallest absolute Gasteiger partial charge is 0.306 e. The molecule has 11 heteroatoms. The number of nitrogens with zero attached hydrogens (tertiary/aromatic N) is 9. The van der Waals surface area contributed by atoms with Crippen LogP contribution in [0.15, 0.2) is 55.2 Å². The molecule has 0 spiro atoms. The molecule has 5 aromatic rings. The van der Waals surface area contributed by atoms with Crippen molar-refractivity contribution >= 4 is 17.3 Å². The van der Waals surface area contributed by atoms with Crippen molar-refractivity contribution in [2.75, 3.05) is 0 Å². The Kier molecular flexibility index (Phi) is 8.42. The maximum Gasteiger partial charge on any atom is 0.306 e. The molecule has 4 aromatic heterocycles. The molecular formula is C30H35N9O2. The number of carbonyl (C=O) groups is 1. The Morgan fingerprint density at radius 2 is 1.73 bits per heavy atom. The molecule has 0 saturated heterocycles. The fourth-order valence-corrected chi connectivity index (χ4v) is 4.51. The van der Waals surface area contributed by atoms with Crippen molar-refractivity contribution in [2.45, 2.75) is 71.4 Å². The van der Waals surface area contributed by atoms with Crippen molar-refractivity contribution in [3.63, 3.8) is 0 Å². The summed E-state index contributed by atoms with van der Waals surface area (Å²) >= 11 is 0. The summed E-state index contributed by atoms with van der Waals surface area (Å²) in [5.74, 6) is 0.555. The van der Waals surface area contributed by atoms with Crippen LogP contribution in [0.1, 0.15) is 64.0 Å². The highest BCUT2D eigenvalue weighted by atomic mass is 16.6. The maximum absolute atomic E-state index is 11.8. The van der Waals surface area contributed by atoms with Crippen LogP contribution in [0, 0.1) is 0 Å². The average molecular weight is 554 g/mol. The molecule has 0 N–H and O–H groups in total. The van der Waals surface area contributed by atoms with Crippen LogP contribution in [0.3, 0.4) is 0 Å². The molecule has 0 bridgehead atoms. The van der Waals surface area contributed by atoms with Crippen LogP contribution in [0.25, 0.3) is 33.9 Å². The van der Waals surface area contributed by atoms with E-state index in [0.29, 0.717) is 30.1 Å². The second-order valence-corrected chi connectivity index (χ2v) is 11.2. The number of aryl methyl sites for hydroxylation is 2. The SMILES string of the molecule is Cn1cc(-c2cnc3nnn(Cc4cccc(-c5ncc(CCCCCCC(=O)OC(C)(C)C)cn5)c4)c3n2)cn1. The Morgan fingerprint density at radius 1 is 0.927 bits per heavy atom. The third-order valence-electron chi connectivity index (χ3n) is 6.47. The number of esters is 1. The lowest BCUT2D eigenvalue weighted by Crippen LogP contribution is -2.23. The molecule has 0 radical (unpaired) electrons. The summed E-state index contributed by atoms with van der Waals surface area (Å²) in [6.45, 7) is 6.17. The minimum atomic E-state index is -0.419. The molecule has 1 aromatic carbocycles. The van der Waals surface area contributed by atoms with Gasteiger partial charge in [-0.25, -0.2) is 24.6 Å². The van der Waals surface area contributed by atoms with Crippen LogP contribution in [0.4, 0.5) is 0 Å². The molecule has 4 heterocycles. The number of rotatable bonds is 11. The van der Waals surface area contributed by atoms with Crippen LogP contribution in [0.5, 0.6) is 0 Å². The monoisotopic (exact) mass is 553 g/mol. The molecule has 0 amide bonds. The van der Waals surface area contributed by atoms with Crippen LogP contribution in [-0.4, -0.2) is 56.3 Å². The molecule has 0 aliphatic carbocycles. The van der Waals surface area contributed by atoms with Crippen LogP contribution in [0.2, 0.25) is 0 Å². The van der Waals surface area contributed by atoms with Gasteiger partial charge in [-0.3, -0.25) is 9.48 Å². The van der Waals surface area contributed by atoms with E-state index in [9.17, 15) is 4.79 Å². The predicted molar refractivity (Wildman–Crippen MR) is 155 cm³/mol. The first-order valence-electron chi connectivity index (χ1n) is 13.9. The first-order chi connectivity index (χ1) is 19.7. The molecule has 0 aliphatic heterocycles. The Morgan fingerprint density at radius 3 is 2.49 bits per heavy atom. The number of unbranched alkanes of at least 4 members (excludes halogenated alkanes) is 3. The van der Waals surface area contributed by atoms with Gasteiger partial charge in [0, 0.05) is 43.2 Å². The second-order valence-electron chi connectivity index (χ2n) is 11.2. The maximum atomic E-state index is 11.8. The van der Waals surface area contributed by atoms with Gasteiger partial charge >= 0.3 is 5.97 Å². The van der Waals surface area contributed by atoms with Gasteiger partial charge in [0.1, 0.15) is 5.60 Å². The zero-order valence-corrected chi connectivity index (χ0v) is 24.0. The number of ether oxygens (including phenoxy) is 1. The fraction of sp³-hybridized carbons (Fsp3) is 0.400. The van der Waals surface area contributed by atoms with E-state index in [1.807, 2.05) is 64.6 Å². The summed E-state index contributed by atoms with van der Waals surface area (Å²) in [5.41, 5.74) is 5.36. The summed E-state index contributed by atoms with van der Waals surface area (Å²) in [7, 11) is 1.87. The molecular weight excluding hydrogens is 518 g/mol. The van der Waals surface area contributed by atoms with E-state index in [4.69, 9.17) is 9.72 Å². The molecule has 212 valence electrons. The van der Waals surface area contributed by atoms with Crippen molar-refractivity contribution in [1.29, 1.82) is 0 Å². The summed E-state index contributed by atoms with van der Waals surface area (Å²) in [6.07, 6.45) is 14.5. The molecule has 41 heavy (non-hydrogen) atoms. The third-order valence-corrected chi connectivity index (χ3v) is 6.47. The van der Waals surface area contributed by atoms with Crippen molar-refractivity contribution in [1.82, 2.24) is 44.7 Å². The predicted octanol–water partition coefficient (Wildman–Crippen LogP) is 4.96. The molecule has 0 saturated carbocycles. The lowest BCUT2D eigenvalue weighted by atomic mass is 10.1. The zero-order chi connectivity index (χ0) is 28.8. The standard InChI is InChI=1S/C30H35N9O2/c1-30(2,3)41-26(40)13-8-6-5-7-10-22-15-31-27(32-16-22)23-12-9-11-21(14-23)19-39-29-28(36-37-39)33-18-25(35-29)24-17-34-38(4)20-24/h9,11-12,14-18,20H,5-8,10,13,19H2,1-4H3. The Labute approximate surface area is 239 Å². The van der Waals surface area contributed by atoms with E-state index in [1.54, 1.807) is 21.8 Å². The normalized spacial score (nSPS) is 11.7. The van der Waals surface area contributed by atoms with E-state index < -0.39 is 5.60 Å². The molecule has 0 fully saturated rings. The highest BCUT2D eigenvalue weighted by molar-refractivity contribution is 5.70. The van der Waals surface area contributed by atoms with Crippen LogP contribution in [-0.2, 0) is 29.5 Å². The fourth-order valence-electron chi connectivity index (χ4n) is 4.51. The van der Waals surface area contributed by atoms with Gasteiger partial charge in [-0.1, -0.05) is 36.3 Å². The van der Waals surface area contributed by atoms with Crippen molar-refractivity contribution in [2.24, 2.45) is 7.05 Å². The van der Waals surface area contributed by atoms with E-state index in [-0.39, 0.29) is 5.97 Å². The number of benzene rings is 1. The van der Waals surface area contributed by atoms with Crippen molar-refractivity contribution < 1.29 is 9.53 Å². The number of hydrogen-bond donors (Lipinski definition) is 0. The zero-order valence-electron chi connectivity index (χ0n) is 24.0. The average Bonchev–Trinajstić information content (AvgIpc) is 3.56. The highest BCUT2D eigenvalue weighted by Crippen LogP contribution is 2.20. The van der Waals surface area contributed by atoms with E-state index >= 15 is 0 Å². The van der Waals surface area contributed by atoms with Gasteiger partial charge < -0.3 is 4.74 Å². The first-order valence-corrected chi connectivity index (χ1v) is 13.9. The Bertz CT molecular complexity index is 1620. The topological polar surface area (TPSA) is 126 Å². The van der Waals surface area contributed by atoms with Gasteiger partial charge in [-0.15, -0.1) is 5.10 Å². The van der Waals surface area contributed by atoms with Crippen LogP contribution < -0.4 is 0 Å². The van der Waals surface area contributed by atoms with Gasteiger partial charge in [-0.2, -0.15) is 5.10 Å². The highest BCUT2D eigenvalue weighted by Gasteiger charge is 2.16. The van der Waals surface area contributed by atoms with Gasteiger partial charge in [0.05, 0.1) is 24.6 Å². The van der Waals surface area contributed by atoms with Gasteiger partial charge in [0.15, 0.2) is 11.5 Å². The lowest BCUT2D eigenvalue weighted by molar-refractivity contribution is -0.154. The molecule has 5 rings (SSSR count). The number of aromatic nitrogens is 9. The van der Waals surface area contributed by atoms with E-state index in [0.717, 1.165) is 60.1 Å². The minimum absolute atomic E-state index is 0.121. The molecule has 0 atom stereocenters. The Balaban J connectivity index is 1.16. The van der Waals surface area contributed by atoms with Crippen molar-refractivity contribution in [3.05, 3.63) is 66.4 Å². The second kappa shape index (κ2) is 12.3. The van der Waals surface area contributed by atoms with Gasteiger partial charge in [0.25, 0.3) is 0 Å². The summed E-state index contributed by atoms with van der Waals surface area (Å²) < 4.78 is 8.84.